The average Bonchev–Trinajstić information content (AvgIpc) is 2.98. The van der Waals surface area contributed by atoms with Gasteiger partial charge >= 0.3 is 0 Å². The maximum absolute atomic E-state index is 5.30. The summed E-state index contributed by atoms with van der Waals surface area (Å²) in [5.74, 6) is 1.34. The molecule has 0 amide bonds. The molecule has 126 valence electrons. The molecule has 0 aliphatic heterocycles. The molecule has 0 fully saturated rings. The summed E-state index contributed by atoms with van der Waals surface area (Å²) >= 11 is 0. The summed E-state index contributed by atoms with van der Waals surface area (Å²) < 4.78 is 7.17. The molecule has 1 N–H and O–H groups in total. The predicted octanol–water partition coefficient (Wildman–Crippen LogP) is 3.20. The highest BCUT2D eigenvalue weighted by molar-refractivity contribution is 5.73. The molecule has 0 bridgehead atoms. The van der Waals surface area contributed by atoms with Crippen LogP contribution in [-0.4, -0.2) is 31.4 Å². The zero-order valence-electron chi connectivity index (χ0n) is 14.9. The quantitative estimate of drug-likeness (QED) is 0.793. The second-order valence-corrected chi connectivity index (χ2v) is 5.86. The Hall–Kier alpha value is -2.70. The second kappa shape index (κ2) is 6.07. The van der Waals surface area contributed by atoms with Crippen LogP contribution < -0.4 is 5.32 Å². The minimum absolute atomic E-state index is 0.590. The van der Waals surface area contributed by atoms with Gasteiger partial charge in [0.05, 0.1) is 28.3 Å². The largest absolute Gasteiger partial charge is 0.361 e. The molecular weight excluding hydrogens is 304 g/mol. The van der Waals surface area contributed by atoms with Crippen LogP contribution >= 0.6 is 0 Å². The van der Waals surface area contributed by atoms with Gasteiger partial charge in [0.25, 0.3) is 0 Å². The number of aromatic nitrogens is 5. The van der Waals surface area contributed by atoms with Gasteiger partial charge in [-0.05, 0) is 40.7 Å². The topological polar surface area (TPSA) is 81.7 Å². The first-order valence-electron chi connectivity index (χ1n) is 7.99. The highest BCUT2D eigenvalue weighted by Gasteiger charge is 2.19. The Morgan fingerprint density at radius 1 is 1.04 bits per heavy atom. The lowest BCUT2D eigenvalue weighted by Crippen LogP contribution is -2.05. The third kappa shape index (κ3) is 2.66. The monoisotopic (exact) mass is 326 g/mol. The molecule has 0 aliphatic rings. The molecule has 3 aromatic heterocycles. The first kappa shape index (κ1) is 16.2. The van der Waals surface area contributed by atoms with Gasteiger partial charge in [-0.25, -0.2) is 9.97 Å². The summed E-state index contributed by atoms with van der Waals surface area (Å²) in [5, 5.41) is 11.7. The lowest BCUT2D eigenvalue weighted by molar-refractivity contribution is 0.393. The van der Waals surface area contributed by atoms with Gasteiger partial charge in [0.2, 0.25) is 5.95 Å². The molecule has 0 aromatic carbocycles. The number of anilines is 1. The highest BCUT2D eigenvalue weighted by Crippen LogP contribution is 2.31. The van der Waals surface area contributed by atoms with Gasteiger partial charge < -0.3 is 9.84 Å². The number of hydrogen-bond donors (Lipinski definition) is 1. The summed E-state index contributed by atoms with van der Waals surface area (Å²) in [6.07, 6.45) is 0. The fourth-order valence-corrected chi connectivity index (χ4v) is 2.93. The van der Waals surface area contributed by atoms with Gasteiger partial charge in [-0.1, -0.05) is 5.16 Å². The van der Waals surface area contributed by atoms with Crippen LogP contribution in [0.15, 0.2) is 10.6 Å². The molecule has 3 heterocycles. The van der Waals surface area contributed by atoms with Crippen molar-refractivity contribution in [2.24, 2.45) is 7.05 Å². The minimum Gasteiger partial charge on any atom is -0.361 e. The number of nitrogens with zero attached hydrogens (tertiary/aromatic N) is 5. The van der Waals surface area contributed by atoms with E-state index in [1.165, 1.54) is 0 Å². The van der Waals surface area contributed by atoms with Crippen LogP contribution in [0.4, 0.5) is 5.95 Å². The SMILES string of the molecule is CCNc1nc(-c2c(C)noc2C)cc(-c2c(C)nn(C)c2C)n1. The molecule has 0 unspecified atom stereocenters. The van der Waals surface area contributed by atoms with Crippen LogP contribution in [0.5, 0.6) is 0 Å². The van der Waals surface area contributed by atoms with Crippen molar-refractivity contribution in [2.45, 2.75) is 34.6 Å². The van der Waals surface area contributed by atoms with E-state index in [1.807, 2.05) is 52.4 Å². The van der Waals surface area contributed by atoms with Crippen molar-refractivity contribution in [3.63, 3.8) is 0 Å². The van der Waals surface area contributed by atoms with E-state index >= 15 is 0 Å². The van der Waals surface area contributed by atoms with Gasteiger partial charge in [-0.2, -0.15) is 5.10 Å². The highest BCUT2D eigenvalue weighted by atomic mass is 16.5. The van der Waals surface area contributed by atoms with Crippen molar-refractivity contribution in [2.75, 3.05) is 11.9 Å². The van der Waals surface area contributed by atoms with Crippen LogP contribution in [0.1, 0.15) is 29.8 Å². The van der Waals surface area contributed by atoms with Crippen molar-refractivity contribution in [3.8, 4) is 22.5 Å². The number of aryl methyl sites for hydroxylation is 4. The summed E-state index contributed by atoms with van der Waals surface area (Å²) in [7, 11) is 1.94. The molecule has 3 rings (SSSR count). The van der Waals surface area contributed by atoms with Gasteiger partial charge in [-0.3, -0.25) is 4.68 Å². The molecule has 0 aliphatic carbocycles. The van der Waals surface area contributed by atoms with Crippen molar-refractivity contribution in [1.82, 2.24) is 24.9 Å². The van der Waals surface area contributed by atoms with E-state index < -0.39 is 0 Å². The van der Waals surface area contributed by atoms with Crippen molar-refractivity contribution in [1.29, 1.82) is 0 Å². The number of hydrogen-bond acceptors (Lipinski definition) is 6. The van der Waals surface area contributed by atoms with Crippen LogP contribution in [0.25, 0.3) is 22.5 Å². The molecule has 0 radical (unpaired) electrons. The molecule has 3 aromatic rings. The number of rotatable bonds is 4. The first-order valence-corrected chi connectivity index (χ1v) is 7.99. The molecule has 7 heteroatoms. The molecule has 7 nitrogen and oxygen atoms in total. The third-order valence-corrected chi connectivity index (χ3v) is 4.12. The Bertz CT molecular complexity index is 873. The Morgan fingerprint density at radius 2 is 1.71 bits per heavy atom. The summed E-state index contributed by atoms with van der Waals surface area (Å²) in [4.78, 5) is 9.30. The smallest absolute Gasteiger partial charge is 0.223 e. The van der Waals surface area contributed by atoms with Gasteiger partial charge in [0.1, 0.15) is 5.76 Å². The average molecular weight is 326 g/mol. The lowest BCUT2D eigenvalue weighted by Gasteiger charge is -2.09. The van der Waals surface area contributed by atoms with E-state index in [1.54, 1.807) is 0 Å². The fraction of sp³-hybridized carbons (Fsp3) is 0.412. The predicted molar refractivity (Wildman–Crippen MR) is 92.8 cm³/mol. The molecule has 24 heavy (non-hydrogen) atoms. The van der Waals surface area contributed by atoms with E-state index in [9.17, 15) is 0 Å². The Labute approximate surface area is 141 Å². The Balaban J connectivity index is 2.24. The third-order valence-electron chi connectivity index (χ3n) is 4.12. The zero-order chi connectivity index (χ0) is 17.4. The van der Waals surface area contributed by atoms with E-state index in [-0.39, 0.29) is 0 Å². The maximum Gasteiger partial charge on any atom is 0.223 e. The molecule has 0 saturated carbocycles. The summed E-state index contributed by atoms with van der Waals surface area (Å²) in [6, 6.07) is 1.98. The lowest BCUT2D eigenvalue weighted by atomic mass is 10.1. The molecule has 0 atom stereocenters. The first-order chi connectivity index (χ1) is 11.4. The number of nitrogens with one attached hydrogen (secondary N) is 1. The normalized spacial score (nSPS) is 11.1. The van der Waals surface area contributed by atoms with Crippen molar-refractivity contribution < 1.29 is 4.52 Å². The second-order valence-electron chi connectivity index (χ2n) is 5.86. The van der Waals surface area contributed by atoms with Gasteiger partial charge in [-0.15, -0.1) is 0 Å². The van der Waals surface area contributed by atoms with Crippen molar-refractivity contribution >= 4 is 5.95 Å². The minimum atomic E-state index is 0.590. The van der Waals surface area contributed by atoms with E-state index in [4.69, 9.17) is 4.52 Å². The van der Waals surface area contributed by atoms with Crippen LogP contribution in [0, 0.1) is 27.7 Å². The zero-order valence-corrected chi connectivity index (χ0v) is 14.9. The Kier molecular flexibility index (Phi) is 4.09. The fourth-order valence-electron chi connectivity index (χ4n) is 2.93. The Morgan fingerprint density at radius 3 is 2.21 bits per heavy atom. The van der Waals surface area contributed by atoms with Crippen LogP contribution in [0.3, 0.4) is 0 Å². The molecule has 0 saturated heterocycles. The molecule has 0 spiro atoms. The van der Waals surface area contributed by atoms with E-state index in [0.717, 1.165) is 51.9 Å². The van der Waals surface area contributed by atoms with Gasteiger partial charge in [0, 0.05) is 24.8 Å². The summed E-state index contributed by atoms with van der Waals surface area (Å²) in [5.41, 5.74) is 6.43. The molecular formula is C17H22N6O. The van der Waals surface area contributed by atoms with Crippen molar-refractivity contribution in [3.05, 3.63) is 28.9 Å². The standard InChI is InChI=1S/C17H22N6O/c1-7-18-17-19-13(15-9(2)21-23(6)11(15)4)8-14(20-17)16-10(3)22-24-12(16)5/h8H,7H2,1-6H3,(H,18,19,20). The van der Waals surface area contributed by atoms with E-state index in [2.05, 4.69) is 25.5 Å². The van der Waals surface area contributed by atoms with E-state index in [0.29, 0.717) is 5.95 Å². The van der Waals surface area contributed by atoms with Gasteiger partial charge in [0.15, 0.2) is 0 Å². The van der Waals surface area contributed by atoms with Crippen LogP contribution in [0.2, 0.25) is 0 Å². The van der Waals surface area contributed by atoms with Crippen LogP contribution in [-0.2, 0) is 7.05 Å². The maximum atomic E-state index is 5.30. The summed E-state index contributed by atoms with van der Waals surface area (Å²) in [6.45, 7) is 10.6.